The molecule has 0 radical (unpaired) electrons. The van der Waals surface area contributed by atoms with Crippen LogP contribution in [0.5, 0.6) is 0 Å². The zero-order valence-corrected chi connectivity index (χ0v) is 19.7. The molecule has 8 rings (SSSR count). The van der Waals surface area contributed by atoms with Crippen LogP contribution < -0.4 is 4.90 Å². The average Bonchev–Trinajstić information content (AvgIpc) is 3.40. The number of fused-ring (bicyclic) bond motifs is 11. The molecule has 35 heavy (non-hydrogen) atoms. The zero-order valence-electron chi connectivity index (χ0n) is 19.7. The predicted molar refractivity (Wildman–Crippen MR) is 143 cm³/mol. The fourth-order valence-electron chi connectivity index (χ4n) is 7.12. The summed E-state index contributed by atoms with van der Waals surface area (Å²) < 4.78 is 0. The fourth-order valence-corrected chi connectivity index (χ4v) is 7.12. The maximum absolute atomic E-state index is 4.97. The Hall–Kier alpha value is -3.85. The number of benzene rings is 4. The highest BCUT2D eigenvalue weighted by atomic mass is 15.4. The van der Waals surface area contributed by atoms with Crippen molar-refractivity contribution in [2.75, 3.05) is 31.1 Å². The van der Waals surface area contributed by atoms with Gasteiger partial charge in [0.15, 0.2) is 0 Å². The number of aliphatic imine (C=N–C) groups is 1. The monoisotopic (exact) mass is 453 g/mol. The smallest absolute Gasteiger partial charge is 0.201 e. The Balaban J connectivity index is 1.42. The van der Waals surface area contributed by atoms with E-state index < -0.39 is 0 Å². The second-order valence-corrected chi connectivity index (χ2v) is 10.1. The Labute approximate surface area is 206 Å². The lowest BCUT2D eigenvalue weighted by molar-refractivity contribution is 0.360. The highest BCUT2D eigenvalue weighted by molar-refractivity contribution is 6.00. The van der Waals surface area contributed by atoms with Crippen molar-refractivity contribution in [1.29, 1.82) is 0 Å². The normalized spacial score (nSPS) is 18.5. The standard InChI is InChI=1S/C32H27N3/c1-4-12-27-23(9-1)24-10-2-5-13-28(24)32(27)29-14-6-3-11-25(29)26-16-15-22(21-30(26)32)35-20-8-19-34-18-7-17-33-31(34)35/h1-6,9-16,21H,7-8,17-20H2. The summed E-state index contributed by atoms with van der Waals surface area (Å²) in [6.07, 6.45) is 2.33. The molecular formula is C32H27N3. The third-order valence-electron chi connectivity index (χ3n) is 8.47. The van der Waals surface area contributed by atoms with E-state index in [1.165, 1.54) is 62.6 Å². The van der Waals surface area contributed by atoms with Gasteiger partial charge in [-0.05, 0) is 69.5 Å². The number of hydrogen-bond donors (Lipinski definition) is 0. The molecule has 0 saturated carbocycles. The highest BCUT2D eigenvalue weighted by Crippen LogP contribution is 2.63. The molecule has 2 heterocycles. The first kappa shape index (κ1) is 19.5. The zero-order chi connectivity index (χ0) is 23.0. The average molecular weight is 454 g/mol. The summed E-state index contributed by atoms with van der Waals surface area (Å²) in [4.78, 5) is 9.91. The molecular weight excluding hydrogens is 426 g/mol. The molecule has 1 spiro atoms. The van der Waals surface area contributed by atoms with Gasteiger partial charge in [0.25, 0.3) is 0 Å². The lowest BCUT2D eigenvalue weighted by Gasteiger charge is -2.41. The maximum Gasteiger partial charge on any atom is 0.201 e. The van der Waals surface area contributed by atoms with E-state index in [0.717, 1.165) is 32.6 Å². The van der Waals surface area contributed by atoms with Gasteiger partial charge in [0, 0.05) is 31.9 Å². The summed E-state index contributed by atoms with van der Waals surface area (Å²) in [5.41, 5.74) is 12.0. The van der Waals surface area contributed by atoms with E-state index in [0.29, 0.717) is 0 Å². The maximum atomic E-state index is 4.97. The minimum atomic E-state index is -0.279. The molecule has 2 aliphatic heterocycles. The third kappa shape index (κ3) is 2.43. The van der Waals surface area contributed by atoms with Crippen molar-refractivity contribution < 1.29 is 0 Å². The summed E-state index contributed by atoms with van der Waals surface area (Å²) in [7, 11) is 0. The topological polar surface area (TPSA) is 18.8 Å². The van der Waals surface area contributed by atoms with Gasteiger partial charge in [-0.1, -0.05) is 78.9 Å². The van der Waals surface area contributed by atoms with Crippen LogP contribution in [0, 0.1) is 0 Å². The van der Waals surface area contributed by atoms with Crippen molar-refractivity contribution in [1.82, 2.24) is 4.90 Å². The van der Waals surface area contributed by atoms with E-state index in [1.54, 1.807) is 0 Å². The fraction of sp³-hybridized carbons (Fsp3) is 0.219. The summed E-state index contributed by atoms with van der Waals surface area (Å²) >= 11 is 0. The lowest BCUT2D eigenvalue weighted by atomic mass is 9.70. The lowest BCUT2D eigenvalue weighted by Crippen LogP contribution is -2.52. The van der Waals surface area contributed by atoms with Crippen molar-refractivity contribution in [3.8, 4) is 22.3 Å². The summed E-state index contributed by atoms with van der Waals surface area (Å²) in [5.74, 6) is 1.17. The second kappa shape index (κ2) is 7.08. The van der Waals surface area contributed by atoms with Crippen LogP contribution in [-0.2, 0) is 5.41 Å². The van der Waals surface area contributed by atoms with E-state index >= 15 is 0 Å². The van der Waals surface area contributed by atoms with E-state index in [9.17, 15) is 0 Å². The van der Waals surface area contributed by atoms with Crippen LogP contribution in [0.25, 0.3) is 22.3 Å². The van der Waals surface area contributed by atoms with Crippen molar-refractivity contribution in [2.24, 2.45) is 4.99 Å². The van der Waals surface area contributed by atoms with Gasteiger partial charge < -0.3 is 9.80 Å². The SMILES string of the molecule is c1ccc2c(c1)-c1ccccc1C21c2ccccc2-c2ccc(N3CCCN4CCCN=C43)cc21. The molecule has 1 saturated heterocycles. The van der Waals surface area contributed by atoms with E-state index in [1.807, 2.05) is 0 Å². The van der Waals surface area contributed by atoms with Gasteiger partial charge in [0.2, 0.25) is 5.96 Å². The van der Waals surface area contributed by atoms with Gasteiger partial charge in [-0.25, -0.2) is 0 Å². The Morgan fingerprint density at radius 2 is 1.14 bits per heavy atom. The Bertz CT molecular complexity index is 1470. The van der Waals surface area contributed by atoms with Gasteiger partial charge in [-0.3, -0.25) is 4.99 Å². The number of anilines is 1. The van der Waals surface area contributed by atoms with E-state index in [-0.39, 0.29) is 5.41 Å². The number of nitrogens with zero attached hydrogens (tertiary/aromatic N) is 3. The number of guanidine groups is 1. The van der Waals surface area contributed by atoms with Gasteiger partial charge in [0.1, 0.15) is 0 Å². The van der Waals surface area contributed by atoms with E-state index in [4.69, 9.17) is 4.99 Å². The number of rotatable bonds is 1. The first-order valence-corrected chi connectivity index (χ1v) is 12.9. The third-order valence-corrected chi connectivity index (χ3v) is 8.47. The summed E-state index contributed by atoms with van der Waals surface area (Å²) in [6, 6.07) is 34.3. The molecule has 0 N–H and O–H groups in total. The highest BCUT2D eigenvalue weighted by Gasteiger charge is 2.51. The molecule has 4 aromatic carbocycles. The number of hydrogen-bond acceptors (Lipinski definition) is 3. The quantitative estimate of drug-likeness (QED) is 0.291. The van der Waals surface area contributed by atoms with Crippen LogP contribution in [0.4, 0.5) is 5.69 Å². The second-order valence-electron chi connectivity index (χ2n) is 10.1. The molecule has 0 atom stereocenters. The molecule has 0 unspecified atom stereocenters. The molecule has 170 valence electrons. The Morgan fingerprint density at radius 3 is 1.80 bits per heavy atom. The Morgan fingerprint density at radius 1 is 0.571 bits per heavy atom. The molecule has 0 aromatic heterocycles. The van der Waals surface area contributed by atoms with Gasteiger partial charge in [-0.15, -0.1) is 0 Å². The molecule has 4 aliphatic rings. The molecule has 2 aliphatic carbocycles. The van der Waals surface area contributed by atoms with Crippen molar-refractivity contribution in [3.05, 3.63) is 113 Å². The molecule has 3 heteroatoms. The van der Waals surface area contributed by atoms with Gasteiger partial charge in [-0.2, -0.15) is 0 Å². The van der Waals surface area contributed by atoms with Gasteiger partial charge >= 0.3 is 0 Å². The van der Waals surface area contributed by atoms with E-state index in [2.05, 4.69) is 101 Å². The van der Waals surface area contributed by atoms with Crippen molar-refractivity contribution >= 4 is 11.6 Å². The molecule has 3 nitrogen and oxygen atoms in total. The minimum Gasteiger partial charge on any atom is -0.342 e. The predicted octanol–water partition coefficient (Wildman–Crippen LogP) is 6.30. The van der Waals surface area contributed by atoms with Crippen molar-refractivity contribution in [2.45, 2.75) is 18.3 Å². The molecule has 4 aromatic rings. The largest absolute Gasteiger partial charge is 0.342 e. The first-order chi connectivity index (χ1) is 17.4. The van der Waals surface area contributed by atoms with Crippen LogP contribution in [0.15, 0.2) is 96.0 Å². The van der Waals surface area contributed by atoms with Crippen LogP contribution in [-0.4, -0.2) is 37.0 Å². The summed E-state index contributed by atoms with van der Waals surface area (Å²) in [6.45, 7) is 4.21. The Kier molecular flexibility index (Phi) is 3.94. The van der Waals surface area contributed by atoms with Gasteiger partial charge in [0.05, 0.1) is 5.41 Å². The van der Waals surface area contributed by atoms with Crippen molar-refractivity contribution in [3.63, 3.8) is 0 Å². The van der Waals surface area contributed by atoms with Crippen LogP contribution >= 0.6 is 0 Å². The molecule has 0 bridgehead atoms. The summed E-state index contributed by atoms with van der Waals surface area (Å²) in [5, 5.41) is 0. The van der Waals surface area contributed by atoms with Crippen LogP contribution in [0.3, 0.4) is 0 Å². The van der Waals surface area contributed by atoms with Crippen LogP contribution in [0.1, 0.15) is 35.1 Å². The first-order valence-electron chi connectivity index (χ1n) is 12.9. The van der Waals surface area contributed by atoms with Crippen LogP contribution in [0.2, 0.25) is 0 Å². The minimum absolute atomic E-state index is 0.279. The molecule has 1 fully saturated rings. The molecule has 0 amide bonds.